The van der Waals surface area contributed by atoms with Crippen LogP contribution >= 0.6 is 0 Å². The molecule has 0 radical (unpaired) electrons. The van der Waals surface area contributed by atoms with Crippen LogP contribution in [0.2, 0.25) is 0 Å². The number of piperazine rings is 1. The van der Waals surface area contributed by atoms with Gasteiger partial charge in [-0.25, -0.2) is 0 Å². The molecule has 1 aromatic carbocycles. The molecule has 2 N–H and O–H groups in total. The van der Waals surface area contributed by atoms with E-state index in [1.807, 2.05) is 13.8 Å². The lowest BCUT2D eigenvalue weighted by Gasteiger charge is -2.38. The molecule has 2 heterocycles. The lowest BCUT2D eigenvalue weighted by atomic mass is 10.00. The second kappa shape index (κ2) is 8.92. The monoisotopic (exact) mass is 387 g/mol. The van der Waals surface area contributed by atoms with Crippen LogP contribution < -0.4 is 15.5 Å². The normalized spacial score (nSPS) is 18.8. The SMILES string of the molecule is CC(C)NC(=O)C(=O)NCC(c1ccc2c(c1)CCN2C)N1CCN(C)CC1. The molecule has 2 aliphatic heterocycles. The molecule has 2 amide bonds. The molecule has 0 bridgehead atoms. The van der Waals surface area contributed by atoms with E-state index in [2.05, 4.69) is 57.6 Å². The van der Waals surface area contributed by atoms with E-state index in [1.165, 1.54) is 16.8 Å². The number of anilines is 1. The molecule has 2 aliphatic rings. The Morgan fingerprint density at radius 2 is 1.75 bits per heavy atom. The number of carbonyl (C=O) groups is 2. The summed E-state index contributed by atoms with van der Waals surface area (Å²) in [5, 5.41) is 5.51. The average Bonchev–Trinajstić information content (AvgIpc) is 3.03. The van der Waals surface area contributed by atoms with E-state index in [0.717, 1.165) is 39.1 Å². The van der Waals surface area contributed by atoms with Crippen molar-refractivity contribution >= 4 is 17.5 Å². The second-order valence-electron chi connectivity index (χ2n) is 8.25. The Morgan fingerprint density at radius 3 is 2.43 bits per heavy atom. The van der Waals surface area contributed by atoms with Crippen molar-refractivity contribution in [3.05, 3.63) is 29.3 Å². The van der Waals surface area contributed by atoms with Gasteiger partial charge in [-0.05, 0) is 44.5 Å². The maximum absolute atomic E-state index is 12.2. The molecule has 7 heteroatoms. The first kappa shape index (κ1) is 20.6. The van der Waals surface area contributed by atoms with Crippen LogP contribution in [0.4, 0.5) is 5.69 Å². The van der Waals surface area contributed by atoms with Crippen molar-refractivity contribution in [2.75, 3.05) is 58.3 Å². The van der Waals surface area contributed by atoms with Crippen molar-refractivity contribution < 1.29 is 9.59 Å². The van der Waals surface area contributed by atoms with Crippen molar-refractivity contribution in [3.8, 4) is 0 Å². The Hall–Kier alpha value is -2.12. The summed E-state index contributed by atoms with van der Waals surface area (Å²) in [6.45, 7) is 9.09. The Bertz CT molecular complexity index is 713. The van der Waals surface area contributed by atoms with Crippen molar-refractivity contribution in [1.29, 1.82) is 0 Å². The van der Waals surface area contributed by atoms with Crippen molar-refractivity contribution in [2.45, 2.75) is 32.4 Å². The summed E-state index contributed by atoms with van der Waals surface area (Å²) in [6, 6.07) is 6.65. The Kier molecular flexibility index (Phi) is 6.57. The van der Waals surface area contributed by atoms with Gasteiger partial charge in [-0.1, -0.05) is 12.1 Å². The lowest BCUT2D eigenvalue weighted by Crippen LogP contribution is -2.50. The summed E-state index contributed by atoms with van der Waals surface area (Å²) >= 11 is 0. The van der Waals surface area contributed by atoms with Crippen LogP contribution in [0.15, 0.2) is 18.2 Å². The molecule has 1 atom stereocenters. The van der Waals surface area contributed by atoms with Crippen LogP contribution in [0.3, 0.4) is 0 Å². The quantitative estimate of drug-likeness (QED) is 0.725. The highest BCUT2D eigenvalue weighted by Crippen LogP contribution is 2.31. The number of benzene rings is 1. The van der Waals surface area contributed by atoms with Crippen LogP contribution in [-0.4, -0.2) is 81.0 Å². The second-order valence-corrected chi connectivity index (χ2v) is 8.25. The third-order valence-electron chi connectivity index (χ3n) is 5.68. The van der Waals surface area contributed by atoms with Crippen LogP contribution in [0.5, 0.6) is 0 Å². The smallest absolute Gasteiger partial charge is 0.309 e. The average molecular weight is 388 g/mol. The number of amides is 2. The van der Waals surface area contributed by atoms with E-state index in [9.17, 15) is 9.59 Å². The highest BCUT2D eigenvalue weighted by molar-refractivity contribution is 6.35. The van der Waals surface area contributed by atoms with Gasteiger partial charge in [-0.2, -0.15) is 0 Å². The minimum Gasteiger partial charge on any atom is -0.374 e. The molecule has 0 aromatic heterocycles. The van der Waals surface area contributed by atoms with Gasteiger partial charge in [0, 0.05) is 58.0 Å². The molecule has 1 fully saturated rings. The van der Waals surface area contributed by atoms with E-state index in [-0.39, 0.29) is 12.1 Å². The summed E-state index contributed by atoms with van der Waals surface area (Å²) in [5.74, 6) is -1.13. The van der Waals surface area contributed by atoms with Crippen molar-refractivity contribution in [1.82, 2.24) is 20.4 Å². The lowest BCUT2D eigenvalue weighted by molar-refractivity contribution is -0.139. The number of hydrogen-bond donors (Lipinski definition) is 2. The fourth-order valence-corrected chi connectivity index (χ4v) is 3.98. The predicted octanol–water partition coefficient (Wildman–Crippen LogP) is 0.608. The summed E-state index contributed by atoms with van der Waals surface area (Å²) < 4.78 is 0. The van der Waals surface area contributed by atoms with Crippen LogP contribution in [0.25, 0.3) is 0 Å². The zero-order chi connectivity index (χ0) is 20.3. The van der Waals surface area contributed by atoms with Gasteiger partial charge < -0.3 is 20.4 Å². The summed E-state index contributed by atoms with van der Waals surface area (Å²) in [4.78, 5) is 31.2. The Balaban J connectivity index is 1.74. The number of rotatable bonds is 5. The molecule has 0 spiro atoms. The molecule has 28 heavy (non-hydrogen) atoms. The van der Waals surface area contributed by atoms with Gasteiger partial charge in [0.1, 0.15) is 0 Å². The van der Waals surface area contributed by atoms with Gasteiger partial charge in [0.05, 0.1) is 6.04 Å². The van der Waals surface area contributed by atoms with Gasteiger partial charge in [0.25, 0.3) is 0 Å². The Labute approximate surface area is 168 Å². The first-order chi connectivity index (χ1) is 13.3. The zero-order valence-electron chi connectivity index (χ0n) is 17.5. The number of nitrogens with zero attached hydrogens (tertiary/aromatic N) is 3. The fourth-order valence-electron chi connectivity index (χ4n) is 3.98. The molecule has 3 rings (SSSR count). The first-order valence-corrected chi connectivity index (χ1v) is 10.2. The van der Waals surface area contributed by atoms with Gasteiger partial charge in [0.15, 0.2) is 0 Å². The predicted molar refractivity (Wildman–Crippen MR) is 112 cm³/mol. The standard InChI is InChI=1S/C21H33N5O2/c1-15(2)23-21(28)20(27)22-14-19(26-11-9-24(3)10-12-26)16-5-6-18-17(13-16)7-8-25(18)4/h5-6,13,15,19H,7-12,14H2,1-4H3,(H,22,27)(H,23,28). The van der Waals surface area contributed by atoms with Crippen LogP contribution in [0, 0.1) is 0 Å². The van der Waals surface area contributed by atoms with E-state index in [4.69, 9.17) is 0 Å². The maximum atomic E-state index is 12.2. The molecule has 1 unspecified atom stereocenters. The zero-order valence-corrected chi connectivity index (χ0v) is 17.5. The van der Waals surface area contributed by atoms with Gasteiger partial charge in [-0.3, -0.25) is 14.5 Å². The number of carbonyl (C=O) groups excluding carboxylic acids is 2. The van der Waals surface area contributed by atoms with Crippen LogP contribution in [-0.2, 0) is 16.0 Å². The van der Waals surface area contributed by atoms with Gasteiger partial charge >= 0.3 is 11.8 Å². The molecule has 0 saturated carbocycles. The number of hydrogen-bond acceptors (Lipinski definition) is 5. The maximum Gasteiger partial charge on any atom is 0.309 e. The third-order valence-corrected chi connectivity index (χ3v) is 5.68. The van der Waals surface area contributed by atoms with E-state index in [0.29, 0.717) is 6.54 Å². The third kappa shape index (κ3) is 4.83. The van der Waals surface area contributed by atoms with E-state index >= 15 is 0 Å². The highest BCUT2D eigenvalue weighted by Gasteiger charge is 2.27. The minimum absolute atomic E-state index is 0.0552. The van der Waals surface area contributed by atoms with E-state index in [1.54, 1.807) is 0 Å². The molecule has 154 valence electrons. The number of nitrogens with one attached hydrogen (secondary N) is 2. The highest BCUT2D eigenvalue weighted by atomic mass is 16.2. The molecule has 0 aliphatic carbocycles. The van der Waals surface area contributed by atoms with Crippen molar-refractivity contribution in [3.63, 3.8) is 0 Å². The molecular formula is C21H33N5O2. The number of likely N-dealkylation sites (N-methyl/N-ethyl adjacent to an activating group) is 2. The topological polar surface area (TPSA) is 67.9 Å². The number of fused-ring (bicyclic) bond motifs is 1. The summed E-state index contributed by atoms with van der Waals surface area (Å²) in [6.07, 6.45) is 1.05. The first-order valence-electron chi connectivity index (χ1n) is 10.2. The summed E-state index contributed by atoms with van der Waals surface area (Å²) in [5.41, 5.74) is 3.87. The Morgan fingerprint density at radius 1 is 1.04 bits per heavy atom. The summed E-state index contributed by atoms with van der Waals surface area (Å²) in [7, 11) is 4.26. The molecule has 7 nitrogen and oxygen atoms in total. The van der Waals surface area contributed by atoms with Crippen LogP contribution in [0.1, 0.15) is 31.0 Å². The van der Waals surface area contributed by atoms with E-state index < -0.39 is 11.8 Å². The molecule has 1 aromatic rings. The molecular weight excluding hydrogens is 354 g/mol. The van der Waals surface area contributed by atoms with Gasteiger partial charge in [0.2, 0.25) is 0 Å². The fraction of sp³-hybridized carbons (Fsp3) is 0.619. The van der Waals surface area contributed by atoms with Gasteiger partial charge in [-0.15, -0.1) is 0 Å². The minimum atomic E-state index is -0.567. The largest absolute Gasteiger partial charge is 0.374 e. The van der Waals surface area contributed by atoms with Crippen molar-refractivity contribution in [2.24, 2.45) is 0 Å². The molecule has 1 saturated heterocycles.